The van der Waals surface area contributed by atoms with Gasteiger partial charge in [-0.05, 0) is 18.9 Å². The van der Waals surface area contributed by atoms with Gasteiger partial charge in [0.1, 0.15) is 12.2 Å². The van der Waals surface area contributed by atoms with E-state index in [2.05, 4.69) is 4.98 Å². The smallest absolute Gasteiger partial charge is 0.213 e. The van der Waals surface area contributed by atoms with Gasteiger partial charge in [-0.1, -0.05) is 6.07 Å². The Bertz CT molecular complexity index is 563. The molecule has 20 heavy (non-hydrogen) atoms. The number of nitrogens with zero attached hydrogens (tertiary/aromatic N) is 2. The van der Waals surface area contributed by atoms with Crippen LogP contribution in [0.3, 0.4) is 0 Å². The maximum atomic E-state index is 11.9. The quantitative estimate of drug-likeness (QED) is 0.819. The normalized spacial score (nSPS) is 30.9. The zero-order valence-corrected chi connectivity index (χ0v) is 12.1. The highest BCUT2D eigenvalue weighted by Crippen LogP contribution is 2.32. The van der Waals surface area contributed by atoms with Gasteiger partial charge in [0, 0.05) is 18.9 Å². The Balaban J connectivity index is 1.81. The van der Waals surface area contributed by atoms with E-state index < -0.39 is 10.0 Å². The third-order valence-electron chi connectivity index (χ3n) is 3.77. The number of pyridine rings is 1. The molecule has 0 amide bonds. The largest absolute Gasteiger partial charge is 0.470 e. The van der Waals surface area contributed by atoms with Crippen LogP contribution in [0.4, 0.5) is 0 Å². The number of hydrogen-bond donors (Lipinski definition) is 0. The van der Waals surface area contributed by atoms with E-state index in [-0.39, 0.29) is 18.2 Å². The maximum Gasteiger partial charge on any atom is 0.213 e. The van der Waals surface area contributed by atoms with Crippen LogP contribution in [0.15, 0.2) is 24.4 Å². The summed E-state index contributed by atoms with van der Waals surface area (Å²) in [5.74, 6) is 0.501. The second-order valence-corrected chi connectivity index (χ2v) is 7.14. The maximum absolute atomic E-state index is 11.9. The number of hydrogen-bond acceptors (Lipinski definition) is 5. The van der Waals surface area contributed by atoms with Crippen molar-refractivity contribution < 1.29 is 17.9 Å². The minimum atomic E-state index is -3.25. The Morgan fingerprint density at radius 2 is 2.30 bits per heavy atom. The molecule has 2 aliphatic rings. The van der Waals surface area contributed by atoms with Crippen LogP contribution < -0.4 is 4.74 Å². The summed E-state index contributed by atoms with van der Waals surface area (Å²) >= 11 is 0. The molecule has 3 rings (SSSR count). The lowest BCUT2D eigenvalue weighted by atomic mass is 10.0. The number of rotatable bonds is 3. The first kappa shape index (κ1) is 13.8. The van der Waals surface area contributed by atoms with Crippen molar-refractivity contribution in [2.75, 3.05) is 19.4 Å². The lowest BCUT2D eigenvalue weighted by Crippen LogP contribution is -2.43. The van der Waals surface area contributed by atoms with E-state index in [0.717, 1.165) is 12.8 Å². The average molecular weight is 298 g/mol. The van der Waals surface area contributed by atoms with E-state index in [9.17, 15) is 8.42 Å². The second kappa shape index (κ2) is 5.31. The molecular weight excluding hydrogens is 280 g/mol. The predicted molar refractivity (Wildman–Crippen MR) is 73.0 cm³/mol. The first-order valence-corrected chi connectivity index (χ1v) is 8.56. The van der Waals surface area contributed by atoms with Crippen molar-refractivity contribution in [3.05, 3.63) is 24.4 Å². The standard InChI is InChI=1S/C13H18N2O4S/c1-20(16,17)15-9-11(13-10(15)5-4-8-18-13)19-12-6-2-3-7-14-12/h2-3,6-7,10-11,13H,4-5,8-9H2,1H3/t10-,11-,13+/m1/s1. The highest BCUT2D eigenvalue weighted by atomic mass is 32.2. The van der Waals surface area contributed by atoms with Gasteiger partial charge in [0.2, 0.25) is 15.9 Å². The molecule has 1 aromatic rings. The summed E-state index contributed by atoms with van der Waals surface area (Å²) in [6, 6.07) is 5.29. The lowest BCUT2D eigenvalue weighted by molar-refractivity contribution is -0.0426. The van der Waals surface area contributed by atoms with Crippen LogP contribution in [0.25, 0.3) is 0 Å². The van der Waals surface area contributed by atoms with Crippen molar-refractivity contribution in [2.45, 2.75) is 31.1 Å². The van der Waals surface area contributed by atoms with Gasteiger partial charge in [-0.3, -0.25) is 0 Å². The van der Waals surface area contributed by atoms with Gasteiger partial charge in [-0.2, -0.15) is 4.31 Å². The van der Waals surface area contributed by atoms with E-state index in [1.54, 1.807) is 12.3 Å². The van der Waals surface area contributed by atoms with E-state index in [4.69, 9.17) is 9.47 Å². The van der Waals surface area contributed by atoms with Crippen molar-refractivity contribution in [1.29, 1.82) is 0 Å². The van der Waals surface area contributed by atoms with E-state index in [1.807, 2.05) is 12.1 Å². The molecule has 1 aromatic heterocycles. The predicted octanol–water partition coefficient (Wildman–Crippen LogP) is 0.652. The minimum Gasteiger partial charge on any atom is -0.470 e. The Labute approximate surface area is 118 Å². The zero-order chi connectivity index (χ0) is 14.2. The molecule has 0 bridgehead atoms. The molecule has 110 valence electrons. The molecule has 0 saturated carbocycles. The molecule has 7 heteroatoms. The summed E-state index contributed by atoms with van der Waals surface area (Å²) in [6.45, 7) is 0.978. The summed E-state index contributed by atoms with van der Waals surface area (Å²) in [5.41, 5.74) is 0. The van der Waals surface area contributed by atoms with Crippen molar-refractivity contribution in [2.24, 2.45) is 0 Å². The summed E-state index contributed by atoms with van der Waals surface area (Å²) < 4.78 is 36.9. The first-order chi connectivity index (χ1) is 9.55. The van der Waals surface area contributed by atoms with Crippen molar-refractivity contribution in [1.82, 2.24) is 9.29 Å². The Kier molecular flexibility index (Phi) is 3.66. The van der Waals surface area contributed by atoms with Crippen LogP contribution in [0.2, 0.25) is 0 Å². The molecule has 0 N–H and O–H groups in total. The van der Waals surface area contributed by atoms with Gasteiger partial charge in [-0.15, -0.1) is 0 Å². The zero-order valence-electron chi connectivity index (χ0n) is 11.3. The van der Waals surface area contributed by atoms with Crippen LogP contribution >= 0.6 is 0 Å². The SMILES string of the molecule is CS(=O)(=O)N1C[C@@H](Oc2ccccn2)[C@H]2OCCC[C@H]21. The van der Waals surface area contributed by atoms with Crippen LogP contribution in [0, 0.1) is 0 Å². The monoisotopic (exact) mass is 298 g/mol. The van der Waals surface area contributed by atoms with Crippen LogP contribution in [-0.4, -0.2) is 55.4 Å². The highest BCUT2D eigenvalue weighted by molar-refractivity contribution is 7.88. The molecule has 0 spiro atoms. The second-order valence-electron chi connectivity index (χ2n) is 5.20. The average Bonchev–Trinajstić information content (AvgIpc) is 2.79. The summed E-state index contributed by atoms with van der Waals surface area (Å²) in [6.07, 6.45) is 4.08. The molecule has 2 fully saturated rings. The Morgan fingerprint density at radius 1 is 1.45 bits per heavy atom. The summed E-state index contributed by atoms with van der Waals surface area (Å²) in [4.78, 5) is 4.12. The van der Waals surface area contributed by atoms with Crippen LogP contribution in [0.1, 0.15) is 12.8 Å². The van der Waals surface area contributed by atoms with E-state index in [1.165, 1.54) is 10.6 Å². The third-order valence-corrected chi connectivity index (χ3v) is 5.04. The van der Waals surface area contributed by atoms with Crippen LogP contribution in [0.5, 0.6) is 5.88 Å². The lowest BCUT2D eigenvalue weighted by Gasteiger charge is -2.31. The topological polar surface area (TPSA) is 68.7 Å². The van der Waals surface area contributed by atoms with Crippen molar-refractivity contribution in [3.8, 4) is 5.88 Å². The molecular formula is C13H18N2O4S. The Morgan fingerprint density at radius 3 is 3.00 bits per heavy atom. The highest BCUT2D eigenvalue weighted by Gasteiger charge is 2.49. The number of fused-ring (bicyclic) bond motifs is 1. The van der Waals surface area contributed by atoms with Crippen molar-refractivity contribution in [3.63, 3.8) is 0 Å². The fraction of sp³-hybridized carbons (Fsp3) is 0.615. The molecule has 0 aliphatic carbocycles. The molecule has 2 aliphatic heterocycles. The van der Waals surface area contributed by atoms with Gasteiger partial charge in [0.15, 0.2) is 0 Å². The third kappa shape index (κ3) is 2.65. The van der Waals surface area contributed by atoms with E-state index >= 15 is 0 Å². The number of sulfonamides is 1. The first-order valence-electron chi connectivity index (χ1n) is 6.72. The summed E-state index contributed by atoms with van der Waals surface area (Å²) in [7, 11) is -3.25. The van der Waals surface area contributed by atoms with E-state index in [0.29, 0.717) is 19.0 Å². The molecule has 2 saturated heterocycles. The van der Waals surface area contributed by atoms with Crippen LogP contribution in [-0.2, 0) is 14.8 Å². The van der Waals surface area contributed by atoms with Gasteiger partial charge in [-0.25, -0.2) is 13.4 Å². The van der Waals surface area contributed by atoms with Gasteiger partial charge in [0.05, 0.1) is 18.8 Å². The van der Waals surface area contributed by atoms with Gasteiger partial charge >= 0.3 is 0 Å². The number of aromatic nitrogens is 1. The Hall–Kier alpha value is -1.18. The molecule has 0 unspecified atom stereocenters. The fourth-order valence-corrected chi connectivity index (χ4v) is 4.06. The molecule has 0 aromatic carbocycles. The molecule has 3 atom stereocenters. The van der Waals surface area contributed by atoms with Gasteiger partial charge in [0.25, 0.3) is 0 Å². The molecule has 3 heterocycles. The molecule has 0 radical (unpaired) electrons. The van der Waals surface area contributed by atoms with Gasteiger partial charge < -0.3 is 9.47 Å². The minimum absolute atomic E-state index is 0.118. The number of ether oxygens (including phenoxy) is 2. The summed E-state index contributed by atoms with van der Waals surface area (Å²) in [5, 5.41) is 0. The fourth-order valence-electron chi connectivity index (χ4n) is 2.92. The van der Waals surface area contributed by atoms with Crippen molar-refractivity contribution >= 4 is 10.0 Å². The molecule has 6 nitrogen and oxygen atoms in total.